The molecule has 1 aromatic carbocycles. The van der Waals surface area contributed by atoms with Crippen molar-refractivity contribution in [2.75, 3.05) is 14.2 Å². The molecule has 0 aliphatic heterocycles. The molecule has 0 aliphatic carbocycles. The summed E-state index contributed by atoms with van der Waals surface area (Å²) in [7, 11) is 3.09. The second kappa shape index (κ2) is 6.17. The molecule has 0 fully saturated rings. The Morgan fingerprint density at radius 3 is 2.57 bits per heavy atom. The lowest BCUT2D eigenvalue weighted by molar-refractivity contribution is 0.0690. The van der Waals surface area contributed by atoms with Gasteiger partial charge in [-0.1, -0.05) is 6.92 Å². The van der Waals surface area contributed by atoms with Gasteiger partial charge in [0.05, 0.1) is 25.5 Å². The second-order valence-electron chi connectivity index (χ2n) is 4.29. The molecule has 1 heterocycles. The number of rotatable bonds is 5. The number of carbonyl (C=O) groups is 1. The minimum absolute atomic E-state index is 0.0137. The first-order chi connectivity index (χ1) is 10.0. The summed E-state index contributed by atoms with van der Waals surface area (Å²) in [6.45, 7) is 2.02. The maximum absolute atomic E-state index is 11.0. The number of aromatic amines is 1. The lowest BCUT2D eigenvalue weighted by atomic mass is 10.0. The summed E-state index contributed by atoms with van der Waals surface area (Å²) in [4.78, 5) is 11.0. The Morgan fingerprint density at radius 1 is 1.38 bits per heavy atom. The molecule has 2 rings (SSSR count). The van der Waals surface area contributed by atoms with Crippen molar-refractivity contribution in [3.8, 4) is 22.8 Å². The van der Waals surface area contributed by atoms with Crippen molar-refractivity contribution in [3.05, 3.63) is 27.9 Å². The van der Waals surface area contributed by atoms with Crippen LogP contribution in [-0.2, 0) is 6.42 Å². The summed E-state index contributed by atoms with van der Waals surface area (Å²) in [5.74, 6) is 0.0138. The van der Waals surface area contributed by atoms with Gasteiger partial charge in [0.1, 0.15) is 5.69 Å². The van der Waals surface area contributed by atoms with Gasteiger partial charge >= 0.3 is 5.97 Å². The lowest BCUT2D eigenvalue weighted by Gasteiger charge is -2.16. The summed E-state index contributed by atoms with van der Waals surface area (Å²) < 4.78 is 11.6. The van der Waals surface area contributed by atoms with Crippen molar-refractivity contribution in [2.24, 2.45) is 0 Å². The number of hydrogen-bond donors (Lipinski definition) is 2. The number of nitrogens with one attached hydrogen (secondary N) is 1. The van der Waals surface area contributed by atoms with E-state index >= 15 is 0 Å². The molecule has 0 unspecified atom stereocenters. The highest BCUT2D eigenvalue weighted by Gasteiger charge is 2.22. The normalized spacial score (nSPS) is 10.5. The van der Waals surface area contributed by atoms with Crippen molar-refractivity contribution in [3.63, 3.8) is 0 Å². The van der Waals surface area contributed by atoms with E-state index < -0.39 is 5.97 Å². The third kappa shape index (κ3) is 2.73. The lowest BCUT2D eigenvalue weighted by Crippen LogP contribution is -1.98. The molecule has 2 N–H and O–H groups in total. The smallest absolute Gasteiger partial charge is 0.353 e. The van der Waals surface area contributed by atoms with Crippen molar-refractivity contribution < 1.29 is 19.4 Å². The molecule has 21 heavy (non-hydrogen) atoms. The minimum atomic E-state index is -1.07. The van der Waals surface area contributed by atoms with Gasteiger partial charge in [-0.3, -0.25) is 5.10 Å². The zero-order chi connectivity index (χ0) is 15.6. The van der Waals surface area contributed by atoms with Crippen molar-refractivity contribution in [1.82, 2.24) is 10.2 Å². The van der Waals surface area contributed by atoms with E-state index in [1.165, 1.54) is 13.2 Å². The van der Waals surface area contributed by atoms with Gasteiger partial charge in [-0.25, -0.2) is 4.79 Å². The zero-order valence-electron chi connectivity index (χ0n) is 11.9. The predicted octanol–water partition coefficient (Wildman–Crippen LogP) is 3.12. The van der Waals surface area contributed by atoms with E-state index in [1.54, 1.807) is 7.11 Å². The fraction of sp³-hybridized carbons (Fsp3) is 0.286. The third-order valence-electron chi connectivity index (χ3n) is 3.13. The van der Waals surface area contributed by atoms with Crippen LogP contribution in [0.2, 0.25) is 0 Å². The highest BCUT2D eigenvalue weighted by Crippen LogP contribution is 2.44. The number of halogens is 1. The quantitative estimate of drug-likeness (QED) is 0.861. The summed E-state index contributed by atoms with van der Waals surface area (Å²) >= 11 is 3.54. The number of aromatic carboxylic acids is 1. The Bertz CT molecular complexity index is 682. The molecule has 112 valence electrons. The number of aryl methyl sites for hydroxylation is 1. The first kappa shape index (κ1) is 15.4. The Balaban J connectivity index is 2.72. The number of aromatic nitrogens is 2. The second-order valence-corrected chi connectivity index (χ2v) is 5.08. The molecular weight excluding hydrogens is 340 g/mol. The van der Waals surface area contributed by atoms with Crippen LogP contribution >= 0.6 is 15.9 Å². The van der Waals surface area contributed by atoms with Crippen LogP contribution in [0.4, 0.5) is 0 Å². The van der Waals surface area contributed by atoms with E-state index in [0.717, 1.165) is 16.5 Å². The van der Waals surface area contributed by atoms with E-state index in [9.17, 15) is 4.79 Å². The molecule has 0 saturated carbocycles. The number of hydrogen-bond acceptors (Lipinski definition) is 4. The van der Waals surface area contributed by atoms with Gasteiger partial charge in [-0.2, -0.15) is 5.10 Å². The van der Waals surface area contributed by atoms with Crippen LogP contribution in [0.3, 0.4) is 0 Å². The summed E-state index contributed by atoms with van der Waals surface area (Å²) in [6.07, 6.45) is 0.782. The molecule has 0 saturated heterocycles. The van der Waals surface area contributed by atoms with Crippen LogP contribution < -0.4 is 9.47 Å². The van der Waals surface area contributed by atoms with E-state index in [0.29, 0.717) is 22.8 Å². The molecule has 7 heteroatoms. The van der Waals surface area contributed by atoms with Gasteiger partial charge in [-0.15, -0.1) is 0 Å². The van der Waals surface area contributed by atoms with E-state index in [-0.39, 0.29) is 5.69 Å². The third-order valence-corrected chi connectivity index (χ3v) is 4.03. The Hall–Kier alpha value is -2.02. The zero-order valence-corrected chi connectivity index (χ0v) is 13.4. The molecule has 0 aliphatic rings. The Morgan fingerprint density at radius 2 is 2.10 bits per heavy atom. The van der Waals surface area contributed by atoms with Crippen LogP contribution in [-0.4, -0.2) is 35.5 Å². The topological polar surface area (TPSA) is 84.4 Å². The monoisotopic (exact) mass is 354 g/mol. The molecule has 0 radical (unpaired) electrons. The molecular formula is C14H15BrN2O4. The van der Waals surface area contributed by atoms with E-state index in [2.05, 4.69) is 26.1 Å². The first-order valence-electron chi connectivity index (χ1n) is 6.25. The average Bonchev–Trinajstić information content (AvgIpc) is 2.96. The summed E-state index contributed by atoms with van der Waals surface area (Å²) in [6, 6.07) is 3.35. The fourth-order valence-electron chi connectivity index (χ4n) is 2.07. The van der Waals surface area contributed by atoms with Gasteiger partial charge in [0, 0.05) is 4.47 Å². The van der Waals surface area contributed by atoms with Crippen molar-refractivity contribution >= 4 is 21.9 Å². The number of benzene rings is 1. The molecule has 0 atom stereocenters. The van der Waals surface area contributed by atoms with Crippen LogP contribution in [0.25, 0.3) is 11.3 Å². The molecule has 2 aromatic rings. The number of carboxylic acids is 1. The molecule has 1 aromatic heterocycles. The predicted molar refractivity (Wildman–Crippen MR) is 81.2 cm³/mol. The molecule has 0 bridgehead atoms. The van der Waals surface area contributed by atoms with Crippen LogP contribution in [0, 0.1) is 0 Å². The fourth-order valence-corrected chi connectivity index (χ4v) is 2.85. The van der Waals surface area contributed by atoms with Crippen molar-refractivity contribution in [1.29, 1.82) is 0 Å². The van der Waals surface area contributed by atoms with Gasteiger partial charge < -0.3 is 14.6 Å². The van der Waals surface area contributed by atoms with Crippen LogP contribution in [0.1, 0.15) is 23.0 Å². The number of ether oxygens (including phenoxy) is 2. The molecule has 6 nitrogen and oxygen atoms in total. The number of nitrogens with zero attached hydrogens (tertiary/aromatic N) is 1. The van der Waals surface area contributed by atoms with Crippen LogP contribution in [0.5, 0.6) is 11.5 Å². The Kier molecular flexibility index (Phi) is 4.52. The average molecular weight is 355 g/mol. The van der Waals surface area contributed by atoms with Gasteiger partial charge in [0.25, 0.3) is 0 Å². The van der Waals surface area contributed by atoms with Gasteiger partial charge in [0.15, 0.2) is 11.5 Å². The maximum Gasteiger partial charge on any atom is 0.353 e. The molecule has 0 amide bonds. The van der Waals surface area contributed by atoms with Crippen molar-refractivity contribution in [2.45, 2.75) is 13.3 Å². The van der Waals surface area contributed by atoms with Crippen LogP contribution in [0.15, 0.2) is 16.6 Å². The number of carboxylic acid groups (broad SMARTS) is 1. The number of H-pyrrole nitrogens is 1. The van der Waals surface area contributed by atoms with E-state index in [4.69, 9.17) is 14.6 Å². The van der Waals surface area contributed by atoms with Gasteiger partial charge in [-0.05, 0) is 40.0 Å². The highest BCUT2D eigenvalue weighted by molar-refractivity contribution is 9.10. The minimum Gasteiger partial charge on any atom is -0.493 e. The SMILES string of the molecule is CCc1cc(OC)c(OC)c(-c2cc(C(=O)O)[nH]n2)c1Br. The maximum atomic E-state index is 11.0. The van der Waals surface area contributed by atoms with E-state index in [1.807, 2.05) is 13.0 Å². The van der Waals surface area contributed by atoms with Gasteiger partial charge in [0.2, 0.25) is 0 Å². The highest BCUT2D eigenvalue weighted by atomic mass is 79.9. The summed E-state index contributed by atoms with van der Waals surface area (Å²) in [5, 5.41) is 15.6. The Labute approximate surface area is 130 Å². The standard InChI is InChI=1S/C14H15BrN2O4/c1-4-7-5-10(20-2)13(21-3)11(12(7)15)8-6-9(14(18)19)17-16-8/h5-6H,4H2,1-3H3,(H,16,17)(H,18,19). The number of methoxy groups -OCH3 is 2. The molecule has 0 spiro atoms. The largest absolute Gasteiger partial charge is 0.493 e. The first-order valence-corrected chi connectivity index (χ1v) is 7.05. The summed E-state index contributed by atoms with van der Waals surface area (Å²) in [5.41, 5.74) is 2.17.